The van der Waals surface area contributed by atoms with E-state index in [4.69, 9.17) is 14.2 Å². The number of halogens is 10. The third-order valence-electron chi connectivity index (χ3n) is 4.37. The average Bonchev–Trinajstić information content (AvgIpc) is 2.69. The first-order valence-electron chi connectivity index (χ1n) is 10.3. The molecular formula is C19H30F10O6. The van der Waals surface area contributed by atoms with Crippen molar-refractivity contribution in [2.75, 3.05) is 66.1 Å². The summed E-state index contributed by atoms with van der Waals surface area (Å²) in [5.74, 6) is -9.82. The van der Waals surface area contributed by atoms with Crippen LogP contribution in [0.1, 0.15) is 19.8 Å². The Balaban J connectivity index is 4.12. The minimum Gasteiger partial charge on any atom is -0.396 e. The molecule has 2 unspecified atom stereocenters. The average molecular weight is 544 g/mol. The molecule has 0 aromatic rings. The summed E-state index contributed by atoms with van der Waals surface area (Å²) in [6.07, 6.45) is -14.7. The van der Waals surface area contributed by atoms with Gasteiger partial charge in [-0.2, -0.15) is 35.1 Å². The molecule has 0 bridgehead atoms. The molecule has 0 amide bonds. The van der Waals surface area contributed by atoms with Crippen LogP contribution in [-0.4, -0.2) is 100 Å². The molecule has 2 atom stereocenters. The first kappa shape index (κ1) is 34.1. The Morgan fingerprint density at radius 1 is 0.686 bits per heavy atom. The summed E-state index contributed by atoms with van der Waals surface area (Å²) in [4.78, 5) is 0. The van der Waals surface area contributed by atoms with Crippen molar-refractivity contribution >= 4 is 0 Å². The Kier molecular flexibility index (Phi) is 14.3. The Bertz CT molecular complexity index is 573. The fourth-order valence-electron chi connectivity index (χ4n) is 2.35. The van der Waals surface area contributed by atoms with E-state index >= 15 is 0 Å². The van der Waals surface area contributed by atoms with Gasteiger partial charge in [0.25, 0.3) is 5.92 Å². The highest BCUT2D eigenvalue weighted by Crippen LogP contribution is 2.38. The lowest BCUT2D eigenvalue weighted by molar-refractivity contribution is -0.287. The Morgan fingerprint density at radius 3 is 1.69 bits per heavy atom. The van der Waals surface area contributed by atoms with Gasteiger partial charge in [0, 0.05) is 17.8 Å². The van der Waals surface area contributed by atoms with Gasteiger partial charge in [0.1, 0.15) is 13.0 Å². The fourth-order valence-corrected chi connectivity index (χ4v) is 2.35. The van der Waals surface area contributed by atoms with Crippen molar-refractivity contribution in [2.45, 2.75) is 44.0 Å². The normalized spacial score (nSPS) is 16.4. The maximum atomic E-state index is 13.1. The molecule has 0 aromatic carbocycles. The van der Waals surface area contributed by atoms with E-state index in [0.29, 0.717) is 0 Å². The number of hydrogen-bond acceptors (Lipinski definition) is 6. The van der Waals surface area contributed by atoms with Crippen molar-refractivity contribution in [3.8, 4) is 0 Å². The van der Waals surface area contributed by atoms with E-state index < -0.39 is 81.4 Å². The smallest absolute Gasteiger partial charge is 0.396 e. The van der Waals surface area contributed by atoms with E-state index in [9.17, 15) is 54.1 Å². The van der Waals surface area contributed by atoms with Crippen LogP contribution in [0.15, 0.2) is 0 Å². The van der Waals surface area contributed by atoms with Gasteiger partial charge in [0.05, 0.1) is 59.5 Å². The molecule has 0 aliphatic heterocycles. The maximum Gasteiger partial charge on any atom is 0.453 e. The molecule has 0 fully saturated rings. The van der Waals surface area contributed by atoms with Crippen molar-refractivity contribution < 1.29 is 73.1 Å². The predicted molar refractivity (Wildman–Crippen MR) is 100 cm³/mol. The molecule has 0 aliphatic rings. The van der Waals surface area contributed by atoms with Gasteiger partial charge in [0.15, 0.2) is 0 Å². The second-order valence-corrected chi connectivity index (χ2v) is 8.31. The van der Waals surface area contributed by atoms with Gasteiger partial charge in [-0.05, 0) is 0 Å². The van der Waals surface area contributed by atoms with E-state index in [1.165, 1.54) is 6.92 Å². The van der Waals surface area contributed by atoms with Crippen LogP contribution in [0.5, 0.6) is 0 Å². The lowest BCUT2D eigenvalue weighted by atomic mass is 9.94. The van der Waals surface area contributed by atoms with Crippen LogP contribution >= 0.6 is 0 Å². The number of alkyl halides is 10. The molecule has 16 heteroatoms. The second-order valence-electron chi connectivity index (χ2n) is 8.31. The summed E-state index contributed by atoms with van der Waals surface area (Å²) in [7, 11) is 0. The zero-order valence-electron chi connectivity index (χ0n) is 18.9. The summed E-state index contributed by atoms with van der Waals surface area (Å²) in [5, 5.41) is 18.6. The third-order valence-corrected chi connectivity index (χ3v) is 4.37. The molecule has 6 nitrogen and oxygen atoms in total. The Hall–Kier alpha value is -0.940. The monoisotopic (exact) mass is 544 g/mol. The van der Waals surface area contributed by atoms with Gasteiger partial charge in [-0.25, -0.2) is 8.78 Å². The summed E-state index contributed by atoms with van der Waals surface area (Å²) in [6.45, 7) is -3.44. The van der Waals surface area contributed by atoms with Crippen molar-refractivity contribution in [1.29, 1.82) is 0 Å². The van der Waals surface area contributed by atoms with Crippen LogP contribution < -0.4 is 0 Å². The Labute approximate surface area is 195 Å². The number of aliphatic hydroxyl groups excluding tert-OH is 2. The lowest BCUT2D eigenvalue weighted by Crippen LogP contribution is -2.38. The van der Waals surface area contributed by atoms with Crippen molar-refractivity contribution in [3.63, 3.8) is 0 Å². The highest BCUT2D eigenvalue weighted by atomic mass is 19.4. The molecule has 0 saturated carbocycles. The third kappa shape index (κ3) is 15.7. The van der Waals surface area contributed by atoms with Crippen LogP contribution in [0.3, 0.4) is 0 Å². The minimum atomic E-state index is -5.70. The highest BCUT2D eigenvalue weighted by molar-refractivity contribution is 4.76. The van der Waals surface area contributed by atoms with Crippen LogP contribution in [-0.2, 0) is 18.9 Å². The number of ether oxygens (including phenoxy) is 4. The Morgan fingerprint density at radius 2 is 1.20 bits per heavy atom. The highest BCUT2D eigenvalue weighted by Gasteiger charge is 2.56. The zero-order chi connectivity index (χ0) is 27.4. The van der Waals surface area contributed by atoms with Crippen LogP contribution in [0.2, 0.25) is 0 Å². The number of rotatable bonds is 19. The molecule has 0 radical (unpaired) electrons. The largest absolute Gasteiger partial charge is 0.453 e. The molecule has 0 spiro atoms. The molecular weight excluding hydrogens is 514 g/mol. The van der Waals surface area contributed by atoms with E-state index in [-0.39, 0.29) is 33.0 Å². The van der Waals surface area contributed by atoms with E-state index in [1.54, 1.807) is 0 Å². The lowest BCUT2D eigenvalue weighted by Gasteiger charge is -2.27. The molecule has 0 rings (SSSR count). The summed E-state index contributed by atoms with van der Waals surface area (Å²) in [6, 6.07) is 0. The zero-order valence-corrected chi connectivity index (χ0v) is 18.9. The summed E-state index contributed by atoms with van der Waals surface area (Å²) < 4.78 is 144. The summed E-state index contributed by atoms with van der Waals surface area (Å²) in [5.41, 5.74) is -1.11. The fraction of sp³-hybridized carbons (Fsp3) is 1.00. The van der Waals surface area contributed by atoms with Gasteiger partial charge in [0.2, 0.25) is 0 Å². The minimum absolute atomic E-state index is 0.0790. The van der Waals surface area contributed by atoms with Crippen LogP contribution in [0.4, 0.5) is 43.9 Å². The van der Waals surface area contributed by atoms with Gasteiger partial charge in [-0.15, -0.1) is 0 Å². The van der Waals surface area contributed by atoms with E-state index in [0.717, 1.165) is 0 Å². The SMILES string of the molecule is CC(CO)(COCCOCC(CO)COCC(F)(F)CC(F)(F)F)COCCC(F)(F)C(F)(F)F. The predicted octanol–water partition coefficient (Wildman–Crippen LogP) is 3.84. The van der Waals surface area contributed by atoms with Gasteiger partial charge in [-0.3, -0.25) is 0 Å². The van der Waals surface area contributed by atoms with Gasteiger partial charge < -0.3 is 29.2 Å². The summed E-state index contributed by atoms with van der Waals surface area (Å²) >= 11 is 0. The van der Waals surface area contributed by atoms with Crippen molar-refractivity contribution in [3.05, 3.63) is 0 Å². The molecule has 35 heavy (non-hydrogen) atoms. The van der Waals surface area contributed by atoms with Gasteiger partial charge in [-0.1, -0.05) is 6.92 Å². The molecule has 0 saturated heterocycles. The molecule has 0 aromatic heterocycles. The van der Waals surface area contributed by atoms with Crippen molar-refractivity contribution in [2.24, 2.45) is 11.3 Å². The molecule has 0 aliphatic carbocycles. The first-order chi connectivity index (χ1) is 15.9. The van der Waals surface area contributed by atoms with Crippen LogP contribution in [0.25, 0.3) is 0 Å². The topological polar surface area (TPSA) is 77.4 Å². The maximum absolute atomic E-state index is 13.1. The molecule has 0 heterocycles. The number of aliphatic hydroxyl groups is 2. The molecule has 2 N–H and O–H groups in total. The van der Waals surface area contributed by atoms with E-state index in [2.05, 4.69) is 4.74 Å². The van der Waals surface area contributed by atoms with Gasteiger partial charge >= 0.3 is 18.3 Å². The first-order valence-corrected chi connectivity index (χ1v) is 10.3. The van der Waals surface area contributed by atoms with E-state index in [1.807, 2.05) is 0 Å². The molecule has 212 valence electrons. The quantitative estimate of drug-likeness (QED) is 0.190. The number of hydrogen-bond donors (Lipinski definition) is 2. The van der Waals surface area contributed by atoms with Crippen LogP contribution in [0, 0.1) is 11.3 Å². The second kappa shape index (κ2) is 14.7. The van der Waals surface area contributed by atoms with Crippen molar-refractivity contribution in [1.82, 2.24) is 0 Å². The standard InChI is InChI=1S/C19H30F10O6/c1-15(10-31,11-33-3-2-17(22,23)19(27,28)29)12-34-5-4-32-7-14(6-30)8-35-13-16(20,21)9-18(24,25)26/h14,30-31H,2-13H2,1H3.